The first-order chi connectivity index (χ1) is 8.10. The number of carboxylic acid groups (broad SMARTS) is 1. The smallest absolute Gasteiger partial charge is 0.353 e. The van der Waals surface area contributed by atoms with Crippen molar-refractivity contribution >= 4 is 5.97 Å². The van der Waals surface area contributed by atoms with Crippen molar-refractivity contribution in [3.63, 3.8) is 0 Å². The molecule has 0 fully saturated rings. The van der Waals surface area contributed by atoms with Crippen LogP contribution in [0.5, 0.6) is 5.88 Å². The van der Waals surface area contributed by atoms with Crippen molar-refractivity contribution in [2.24, 2.45) is 0 Å². The molecule has 6 heteroatoms. The van der Waals surface area contributed by atoms with Crippen molar-refractivity contribution in [1.82, 2.24) is 15.2 Å². The second-order valence-electron chi connectivity index (χ2n) is 3.51. The van der Waals surface area contributed by atoms with Crippen molar-refractivity contribution < 1.29 is 14.6 Å². The molecule has 0 aliphatic heterocycles. The molecule has 2 N–H and O–H groups in total. The normalized spacial score (nSPS) is 10.2. The van der Waals surface area contributed by atoms with Crippen LogP contribution in [-0.4, -0.2) is 33.4 Å². The third-order valence-electron chi connectivity index (χ3n) is 2.24. The van der Waals surface area contributed by atoms with Crippen LogP contribution in [0.15, 0.2) is 18.2 Å². The topological polar surface area (TPSA) is 88.1 Å². The number of H-pyrrole nitrogens is 1. The number of aryl methyl sites for hydroxylation is 1. The molecule has 0 atom stereocenters. The lowest BCUT2D eigenvalue weighted by Gasteiger charge is -2.03. The lowest BCUT2D eigenvalue weighted by molar-refractivity contribution is 0.0690. The van der Waals surface area contributed by atoms with E-state index >= 15 is 0 Å². The number of hydrogen-bond acceptors (Lipinski definition) is 4. The number of rotatable bonds is 3. The van der Waals surface area contributed by atoms with Crippen molar-refractivity contribution in [2.45, 2.75) is 6.92 Å². The second-order valence-corrected chi connectivity index (χ2v) is 3.51. The van der Waals surface area contributed by atoms with E-state index in [-0.39, 0.29) is 5.69 Å². The van der Waals surface area contributed by atoms with E-state index in [1.165, 1.54) is 13.2 Å². The molecule has 0 saturated heterocycles. The summed E-state index contributed by atoms with van der Waals surface area (Å²) in [6.45, 7) is 1.83. The van der Waals surface area contributed by atoms with E-state index in [9.17, 15) is 4.79 Å². The molecule has 2 aromatic heterocycles. The molecule has 0 aromatic carbocycles. The average molecular weight is 233 g/mol. The van der Waals surface area contributed by atoms with Crippen LogP contribution in [0.25, 0.3) is 11.3 Å². The van der Waals surface area contributed by atoms with Gasteiger partial charge in [0.05, 0.1) is 12.8 Å². The summed E-state index contributed by atoms with van der Waals surface area (Å²) in [5.41, 5.74) is 2.14. The van der Waals surface area contributed by atoms with Gasteiger partial charge in [0.2, 0.25) is 5.88 Å². The second kappa shape index (κ2) is 4.25. The Morgan fingerprint density at radius 1 is 1.41 bits per heavy atom. The fourth-order valence-corrected chi connectivity index (χ4v) is 1.47. The maximum Gasteiger partial charge on any atom is 0.353 e. The summed E-state index contributed by atoms with van der Waals surface area (Å²) in [4.78, 5) is 14.9. The summed E-state index contributed by atoms with van der Waals surface area (Å²) >= 11 is 0. The zero-order valence-electron chi connectivity index (χ0n) is 9.39. The molecule has 6 nitrogen and oxygen atoms in total. The monoisotopic (exact) mass is 233 g/mol. The largest absolute Gasteiger partial charge is 0.481 e. The summed E-state index contributed by atoms with van der Waals surface area (Å²) in [6.07, 6.45) is 0. The first kappa shape index (κ1) is 11.1. The maximum absolute atomic E-state index is 10.7. The number of hydrogen-bond donors (Lipinski definition) is 2. The molecule has 2 aromatic rings. The molecular weight excluding hydrogens is 222 g/mol. The van der Waals surface area contributed by atoms with E-state index in [2.05, 4.69) is 15.2 Å². The first-order valence-corrected chi connectivity index (χ1v) is 4.92. The fourth-order valence-electron chi connectivity index (χ4n) is 1.47. The molecule has 0 aliphatic rings. The number of pyridine rings is 1. The highest BCUT2D eigenvalue weighted by molar-refractivity contribution is 5.86. The van der Waals surface area contributed by atoms with E-state index in [0.29, 0.717) is 11.6 Å². The number of carboxylic acids is 1. The van der Waals surface area contributed by atoms with Crippen LogP contribution in [0.2, 0.25) is 0 Å². The summed E-state index contributed by atoms with van der Waals surface area (Å²) in [6, 6.07) is 4.98. The van der Waals surface area contributed by atoms with E-state index in [1.807, 2.05) is 13.0 Å². The van der Waals surface area contributed by atoms with Crippen LogP contribution < -0.4 is 4.74 Å². The molecule has 0 spiro atoms. The molecule has 0 saturated carbocycles. The van der Waals surface area contributed by atoms with Crippen molar-refractivity contribution in [3.8, 4) is 17.1 Å². The molecule has 17 heavy (non-hydrogen) atoms. The van der Waals surface area contributed by atoms with Crippen molar-refractivity contribution in [2.75, 3.05) is 7.11 Å². The third kappa shape index (κ3) is 2.25. The summed E-state index contributed by atoms with van der Waals surface area (Å²) in [5, 5.41) is 15.2. The molecule has 88 valence electrons. The number of methoxy groups -OCH3 is 1. The summed E-state index contributed by atoms with van der Waals surface area (Å²) < 4.78 is 5.05. The summed E-state index contributed by atoms with van der Waals surface area (Å²) in [7, 11) is 1.53. The Bertz CT molecular complexity index is 563. The SMILES string of the molecule is COc1cc(-c2cc(C(=O)O)[nH]n2)cc(C)n1. The minimum Gasteiger partial charge on any atom is -0.481 e. The van der Waals surface area contributed by atoms with E-state index in [1.54, 1.807) is 6.07 Å². The van der Waals surface area contributed by atoms with Gasteiger partial charge >= 0.3 is 5.97 Å². The van der Waals surface area contributed by atoms with Crippen molar-refractivity contribution in [3.05, 3.63) is 29.6 Å². The van der Waals surface area contributed by atoms with Crippen molar-refractivity contribution in [1.29, 1.82) is 0 Å². The first-order valence-electron chi connectivity index (χ1n) is 4.92. The van der Waals surface area contributed by atoms with Gasteiger partial charge in [-0.3, -0.25) is 5.10 Å². The van der Waals surface area contributed by atoms with Crippen LogP contribution >= 0.6 is 0 Å². The van der Waals surface area contributed by atoms with Gasteiger partial charge in [0.1, 0.15) is 5.69 Å². The Hall–Kier alpha value is -2.37. The van der Waals surface area contributed by atoms with Crippen LogP contribution in [0.1, 0.15) is 16.2 Å². The molecule has 2 heterocycles. The minimum atomic E-state index is -1.04. The molecular formula is C11H11N3O3. The number of nitrogens with zero attached hydrogens (tertiary/aromatic N) is 2. The minimum absolute atomic E-state index is 0.0495. The number of aromatic amines is 1. The highest BCUT2D eigenvalue weighted by atomic mass is 16.5. The van der Waals surface area contributed by atoms with Gasteiger partial charge in [-0.1, -0.05) is 0 Å². The Morgan fingerprint density at radius 3 is 2.76 bits per heavy atom. The predicted molar refractivity (Wildman–Crippen MR) is 60.1 cm³/mol. The number of nitrogens with one attached hydrogen (secondary N) is 1. The quantitative estimate of drug-likeness (QED) is 0.838. The van der Waals surface area contributed by atoms with Gasteiger partial charge in [-0.2, -0.15) is 5.10 Å². The zero-order valence-corrected chi connectivity index (χ0v) is 9.39. The Balaban J connectivity index is 2.44. The molecule has 0 radical (unpaired) electrons. The van der Waals surface area contributed by atoms with E-state index < -0.39 is 5.97 Å². The molecule has 0 aliphatic carbocycles. The Kier molecular flexibility index (Phi) is 2.78. The van der Waals surface area contributed by atoms with E-state index in [4.69, 9.17) is 9.84 Å². The highest BCUT2D eigenvalue weighted by Gasteiger charge is 2.10. The zero-order chi connectivity index (χ0) is 12.4. The average Bonchev–Trinajstić information content (AvgIpc) is 2.77. The van der Waals surface area contributed by atoms with Crippen LogP contribution in [0.4, 0.5) is 0 Å². The van der Waals surface area contributed by atoms with Crippen LogP contribution in [0.3, 0.4) is 0 Å². The van der Waals surface area contributed by atoms with Crippen LogP contribution in [-0.2, 0) is 0 Å². The lowest BCUT2D eigenvalue weighted by Crippen LogP contribution is -1.95. The summed E-state index contributed by atoms with van der Waals surface area (Å²) in [5.74, 6) is -0.568. The van der Waals surface area contributed by atoms with Gasteiger partial charge in [0.15, 0.2) is 0 Å². The number of aromatic nitrogens is 3. The fraction of sp³-hybridized carbons (Fsp3) is 0.182. The standard InChI is InChI=1S/C11H11N3O3/c1-6-3-7(4-10(12-6)17-2)8-5-9(11(15)16)14-13-8/h3-5H,1-2H3,(H,13,14)(H,15,16). The Morgan fingerprint density at radius 2 is 2.18 bits per heavy atom. The van der Waals surface area contributed by atoms with Gasteiger partial charge in [-0.05, 0) is 19.1 Å². The van der Waals surface area contributed by atoms with Crippen LogP contribution in [0, 0.1) is 6.92 Å². The number of carbonyl (C=O) groups is 1. The van der Waals surface area contributed by atoms with Gasteiger partial charge in [-0.25, -0.2) is 9.78 Å². The predicted octanol–water partition coefficient (Wildman–Crippen LogP) is 1.49. The van der Waals surface area contributed by atoms with Gasteiger partial charge in [0, 0.05) is 17.3 Å². The molecule has 0 amide bonds. The molecule has 0 unspecified atom stereocenters. The lowest BCUT2D eigenvalue weighted by atomic mass is 10.1. The number of aromatic carboxylic acids is 1. The Labute approximate surface area is 97.3 Å². The highest BCUT2D eigenvalue weighted by Crippen LogP contribution is 2.22. The third-order valence-corrected chi connectivity index (χ3v) is 2.24. The van der Waals surface area contributed by atoms with Gasteiger partial charge in [0.25, 0.3) is 0 Å². The number of ether oxygens (including phenoxy) is 1. The van der Waals surface area contributed by atoms with E-state index in [0.717, 1.165) is 11.3 Å². The molecule has 2 rings (SSSR count). The van der Waals surface area contributed by atoms with Gasteiger partial charge < -0.3 is 9.84 Å². The van der Waals surface area contributed by atoms with Gasteiger partial charge in [-0.15, -0.1) is 0 Å². The molecule has 0 bridgehead atoms. The maximum atomic E-state index is 10.7.